The maximum Gasteiger partial charge on any atom is 0.251 e. The minimum atomic E-state index is -0.00197. The van der Waals surface area contributed by atoms with Crippen LogP contribution in [-0.4, -0.2) is 17.4 Å². The highest BCUT2D eigenvalue weighted by Crippen LogP contribution is 2.26. The maximum atomic E-state index is 12.2. The Morgan fingerprint density at radius 1 is 1.43 bits per heavy atom. The molecule has 3 nitrogen and oxygen atoms in total. The molecule has 1 heterocycles. The average Bonchev–Trinajstić information content (AvgIpc) is 2.94. The number of carbonyl (C=O) groups is 1. The van der Waals surface area contributed by atoms with Crippen molar-refractivity contribution in [3.63, 3.8) is 0 Å². The second-order valence-corrected chi connectivity index (χ2v) is 6.49. The van der Waals surface area contributed by atoms with E-state index in [1.54, 1.807) is 11.3 Å². The number of carbonyl (C=O) groups excluding carboxylic acids is 1. The molecule has 1 N–H and O–H groups in total. The molecule has 0 spiro atoms. The minimum Gasteiger partial charge on any atom is -0.352 e. The van der Waals surface area contributed by atoms with E-state index in [4.69, 9.17) is 11.6 Å². The molecule has 1 fully saturated rings. The van der Waals surface area contributed by atoms with Crippen molar-refractivity contribution in [1.82, 2.24) is 10.3 Å². The summed E-state index contributed by atoms with van der Waals surface area (Å²) in [6, 6.07) is 7.61. The van der Waals surface area contributed by atoms with Crippen LogP contribution in [0.5, 0.6) is 0 Å². The third kappa shape index (κ3) is 3.44. The van der Waals surface area contributed by atoms with Crippen LogP contribution in [0.15, 0.2) is 29.6 Å². The molecule has 0 aliphatic heterocycles. The number of alkyl halides is 1. The molecule has 0 radical (unpaired) electrons. The molecule has 21 heavy (non-hydrogen) atoms. The number of nitrogens with one attached hydrogen (secondary N) is 1. The Morgan fingerprint density at radius 2 is 2.29 bits per heavy atom. The van der Waals surface area contributed by atoms with Crippen molar-refractivity contribution in [3.8, 4) is 10.6 Å². The second kappa shape index (κ2) is 6.58. The summed E-state index contributed by atoms with van der Waals surface area (Å²) < 4.78 is 0. The van der Waals surface area contributed by atoms with E-state index in [2.05, 4.69) is 10.3 Å². The summed E-state index contributed by atoms with van der Waals surface area (Å²) in [6.07, 6.45) is 3.77. The predicted octanol–water partition coefficient (Wildman–Crippen LogP) is 4.08. The van der Waals surface area contributed by atoms with Crippen LogP contribution in [0, 0.1) is 5.92 Å². The summed E-state index contributed by atoms with van der Waals surface area (Å²) in [5, 5.41) is 5.87. The fourth-order valence-electron chi connectivity index (χ4n) is 2.33. The normalized spacial score (nSPS) is 14.7. The minimum absolute atomic E-state index is 0.00197. The fraction of sp³-hybridized carbons (Fsp3) is 0.375. The van der Waals surface area contributed by atoms with E-state index < -0.39 is 0 Å². The molecular weight excluding hydrogens is 304 g/mol. The molecule has 1 saturated carbocycles. The van der Waals surface area contributed by atoms with E-state index in [0.717, 1.165) is 22.8 Å². The van der Waals surface area contributed by atoms with Gasteiger partial charge in [-0.15, -0.1) is 22.9 Å². The van der Waals surface area contributed by atoms with Crippen molar-refractivity contribution < 1.29 is 4.79 Å². The molecule has 1 aromatic carbocycles. The highest BCUT2D eigenvalue weighted by atomic mass is 35.5. The van der Waals surface area contributed by atoms with Crippen molar-refractivity contribution in [2.24, 2.45) is 5.92 Å². The first kappa shape index (κ1) is 14.5. The van der Waals surface area contributed by atoms with E-state index in [9.17, 15) is 4.79 Å². The van der Waals surface area contributed by atoms with Gasteiger partial charge in [0.2, 0.25) is 0 Å². The molecule has 0 unspecified atom stereocenters. The molecule has 1 amide bonds. The topological polar surface area (TPSA) is 42.0 Å². The zero-order chi connectivity index (χ0) is 14.7. The van der Waals surface area contributed by atoms with E-state index >= 15 is 0 Å². The summed E-state index contributed by atoms with van der Waals surface area (Å²) in [4.78, 5) is 16.6. The lowest BCUT2D eigenvalue weighted by atomic mass is 9.85. The van der Waals surface area contributed by atoms with Crippen molar-refractivity contribution in [3.05, 3.63) is 40.9 Å². The van der Waals surface area contributed by atoms with Gasteiger partial charge in [0, 0.05) is 23.1 Å². The van der Waals surface area contributed by atoms with Crippen LogP contribution >= 0.6 is 22.9 Å². The Balaban J connectivity index is 1.71. The lowest BCUT2D eigenvalue weighted by Crippen LogP contribution is -2.32. The van der Waals surface area contributed by atoms with Crippen LogP contribution < -0.4 is 5.32 Å². The van der Waals surface area contributed by atoms with Gasteiger partial charge in [0.1, 0.15) is 5.01 Å². The van der Waals surface area contributed by atoms with Gasteiger partial charge in [-0.3, -0.25) is 4.79 Å². The molecule has 3 rings (SSSR count). The van der Waals surface area contributed by atoms with Gasteiger partial charge in [-0.05, 0) is 30.9 Å². The Labute approximate surface area is 133 Å². The molecule has 0 saturated heterocycles. The van der Waals surface area contributed by atoms with Gasteiger partial charge in [-0.25, -0.2) is 4.98 Å². The Hall–Kier alpha value is -1.39. The van der Waals surface area contributed by atoms with Crippen LogP contribution in [-0.2, 0) is 5.88 Å². The molecule has 110 valence electrons. The van der Waals surface area contributed by atoms with Crippen LogP contribution in [0.3, 0.4) is 0 Å². The first-order chi connectivity index (χ1) is 10.3. The van der Waals surface area contributed by atoms with E-state index in [0.29, 0.717) is 17.4 Å². The number of hydrogen-bond acceptors (Lipinski definition) is 3. The van der Waals surface area contributed by atoms with Gasteiger partial charge in [0.05, 0.1) is 11.6 Å². The van der Waals surface area contributed by atoms with Crippen LogP contribution in [0.4, 0.5) is 0 Å². The molecule has 5 heteroatoms. The lowest BCUT2D eigenvalue weighted by molar-refractivity contribution is 0.0939. The number of benzene rings is 1. The van der Waals surface area contributed by atoms with Crippen molar-refractivity contribution in [1.29, 1.82) is 0 Å². The van der Waals surface area contributed by atoms with E-state index in [1.807, 2.05) is 29.6 Å². The number of aromatic nitrogens is 1. The summed E-state index contributed by atoms with van der Waals surface area (Å²) in [5.41, 5.74) is 2.53. The zero-order valence-electron chi connectivity index (χ0n) is 11.6. The Bertz CT molecular complexity index is 637. The van der Waals surface area contributed by atoms with Crippen LogP contribution in [0.25, 0.3) is 10.6 Å². The van der Waals surface area contributed by atoms with Crippen LogP contribution in [0.2, 0.25) is 0 Å². The smallest absolute Gasteiger partial charge is 0.251 e. The number of rotatable bonds is 5. The number of halogens is 1. The van der Waals surface area contributed by atoms with Crippen LogP contribution in [0.1, 0.15) is 35.3 Å². The molecule has 1 aromatic heterocycles. The first-order valence-corrected chi connectivity index (χ1v) is 8.56. The molecule has 1 aliphatic carbocycles. The third-order valence-electron chi connectivity index (χ3n) is 3.84. The van der Waals surface area contributed by atoms with Gasteiger partial charge in [0.25, 0.3) is 5.91 Å². The summed E-state index contributed by atoms with van der Waals surface area (Å²) in [5.74, 6) is 1.08. The van der Waals surface area contributed by atoms with Crippen molar-refractivity contribution in [2.75, 3.05) is 6.54 Å². The Kier molecular flexibility index (Phi) is 4.56. The lowest BCUT2D eigenvalue weighted by Gasteiger charge is -2.25. The quantitative estimate of drug-likeness (QED) is 0.843. The van der Waals surface area contributed by atoms with E-state index in [-0.39, 0.29) is 5.91 Å². The number of amides is 1. The third-order valence-corrected chi connectivity index (χ3v) is 5.05. The second-order valence-electron chi connectivity index (χ2n) is 5.37. The maximum absolute atomic E-state index is 12.2. The molecule has 0 bridgehead atoms. The van der Waals surface area contributed by atoms with E-state index in [1.165, 1.54) is 19.3 Å². The highest BCUT2D eigenvalue weighted by molar-refractivity contribution is 7.13. The Morgan fingerprint density at radius 3 is 2.95 bits per heavy atom. The first-order valence-electron chi connectivity index (χ1n) is 7.15. The van der Waals surface area contributed by atoms with Gasteiger partial charge < -0.3 is 5.32 Å². The molecule has 1 aliphatic rings. The van der Waals surface area contributed by atoms with Gasteiger partial charge in [-0.1, -0.05) is 18.6 Å². The molecule has 2 aromatic rings. The number of hydrogen-bond donors (Lipinski definition) is 1. The van der Waals surface area contributed by atoms with Gasteiger partial charge in [0.15, 0.2) is 0 Å². The average molecular weight is 321 g/mol. The molecular formula is C16H17ClN2OS. The van der Waals surface area contributed by atoms with Crippen molar-refractivity contribution >= 4 is 28.8 Å². The van der Waals surface area contributed by atoms with Gasteiger partial charge >= 0.3 is 0 Å². The van der Waals surface area contributed by atoms with Gasteiger partial charge in [-0.2, -0.15) is 0 Å². The largest absolute Gasteiger partial charge is 0.352 e. The summed E-state index contributed by atoms with van der Waals surface area (Å²) in [6.45, 7) is 0.788. The summed E-state index contributed by atoms with van der Waals surface area (Å²) >= 11 is 7.33. The SMILES string of the molecule is O=C(NCC1CCC1)c1cccc(-c2nc(CCl)cs2)c1. The van der Waals surface area contributed by atoms with Crippen molar-refractivity contribution in [2.45, 2.75) is 25.1 Å². The molecule has 0 atom stereocenters. The summed E-state index contributed by atoms with van der Waals surface area (Å²) in [7, 11) is 0. The monoisotopic (exact) mass is 320 g/mol. The predicted molar refractivity (Wildman–Crippen MR) is 86.8 cm³/mol. The number of nitrogens with zero attached hydrogens (tertiary/aromatic N) is 1. The zero-order valence-corrected chi connectivity index (χ0v) is 13.2. The fourth-order valence-corrected chi connectivity index (χ4v) is 3.38. The standard InChI is InChI=1S/C16H17ClN2OS/c17-8-14-10-21-16(19-14)13-6-2-5-12(7-13)15(20)18-9-11-3-1-4-11/h2,5-7,10-11H,1,3-4,8-9H2,(H,18,20). The highest BCUT2D eigenvalue weighted by Gasteiger charge is 2.18. The number of thiazole rings is 1.